The lowest BCUT2D eigenvalue weighted by Gasteiger charge is -2.06. The van der Waals surface area contributed by atoms with Crippen LogP contribution in [0.3, 0.4) is 0 Å². The van der Waals surface area contributed by atoms with E-state index in [1.807, 2.05) is 0 Å². The maximum Gasteiger partial charge on any atom is 0.284 e. The Labute approximate surface area is 112 Å². The average Bonchev–Trinajstić information content (AvgIpc) is 2.34. The van der Waals surface area contributed by atoms with E-state index in [-0.39, 0.29) is 28.2 Å². The van der Waals surface area contributed by atoms with Gasteiger partial charge in [0, 0.05) is 19.2 Å². The molecule has 0 aliphatic heterocycles. The first-order valence-corrected chi connectivity index (χ1v) is 6.19. The Morgan fingerprint density at radius 2 is 2.17 bits per heavy atom. The molecule has 0 radical (unpaired) electrons. The van der Waals surface area contributed by atoms with Gasteiger partial charge < -0.3 is 10.4 Å². The van der Waals surface area contributed by atoms with E-state index in [1.165, 1.54) is 18.2 Å². The van der Waals surface area contributed by atoms with Crippen LogP contribution in [-0.2, 0) is 0 Å². The number of hydrogen-bond acceptors (Lipinski definition) is 4. The number of nitro benzene ring substituents is 1. The van der Waals surface area contributed by atoms with E-state index < -0.39 is 4.92 Å². The zero-order valence-corrected chi connectivity index (χ0v) is 11.1. The second-order valence-corrected chi connectivity index (χ2v) is 4.38. The van der Waals surface area contributed by atoms with Crippen molar-refractivity contribution in [3.05, 3.63) is 38.3 Å². The number of halogens is 1. The lowest BCUT2D eigenvalue weighted by atomic mass is 10.2. The maximum absolute atomic E-state index is 11.8. The van der Waals surface area contributed by atoms with Gasteiger partial charge in [0.15, 0.2) is 0 Å². The monoisotopic (exact) mass is 316 g/mol. The van der Waals surface area contributed by atoms with Gasteiger partial charge in [0.25, 0.3) is 11.6 Å². The first kappa shape index (κ1) is 14.6. The molecule has 0 bridgehead atoms. The smallest absolute Gasteiger partial charge is 0.284 e. The molecular weight excluding hydrogens is 304 g/mol. The number of carbonyl (C=O) groups excluding carboxylic acids is 1. The standard InChI is InChI=1S/C11H13BrN2O4/c12-10-8(4-3-5-9(10)14(17)18)11(16)13-6-1-2-7-15/h3-5,15H,1-2,6-7H2,(H,13,16). The van der Waals surface area contributed by atoms with Crippen molar-refractivity contribution < 1.29 is 14.8 Å². The number of carbonyl (C=O) groups is 1. The Balaban J connectivity index is 2.74. The van der Waals surface area contributed by atoms with E-state index >= 15 is 0 Å². The molecule has 1 amide bonds. The van der Waals surface area contributed by atoms with E-state index in [2.05, 4.69) is 21.2 Å². The summed E-state index contributed by atoms with van der Waals surface area (Å²) >= 11 is 3.06. The number of unbranched alkanes of at least 4 members (excludes halogenated alkanes) is 1. The number of rotatable bonds is 6. The first-order chi connectivity index (χ1) is 8.57. The van der Waals surface area contributed by atoms with Crippen LogP contribution in [-0.4, -0.2) is 29.1 Å². The molecule has 0 aliphatic rings. The number of nitro groups is 1. The molecular formula is C11H13BrN2O4. The highest BCUT2D eigenvalue weighted by molar-refractivity contribution is 9.10. The van der Waals surface area contributed by atoms with Crippen molar-refractivity contribution in [1.82, 2.24) is 5.32 Å². The summed E-state index contributed by atoms with van der Waals surface area (Å²) in [4.78, 5) is 21.9. The highest BCUT2D eigenvalue weighted by atomic mass is 79.9. The molecule has 7 heteroatoms. The van der Waals surface area contributed by atoms with Crippen molar-refractivity contribution >= 4 is 27.5 Å². The van der Waals surface area contributed by atoms with Gasteiger partial charge >= 0.3 is 0 Å². The number of aliphatic hydroxyl groups excluding tert-OH is 1. The third-order valence-electron chi connectivity index (χ3n) is 2.29. The SMILES string of the molecule is O=C(NCCCCO)c1cccc([N+](=O)[O-])c1Br. The summed E-state index contributed by atoms with van der Waals surface area (Å²) in [5.74, 6) is -0.372. The molecule has 0 saturated carbocycles. The van der Waals surface area contributed by atoms with Crippen molar-refractivity contribution in [3.63, 3.8) is 0 Å². The van der Waals surface area contributed by atoms with Gasteiger partial charge in [-0.05, 0) is 34.8 Å². The van der Waals surface area contributed by atoms with Crippen LogP contribution in [0.15, 0.2) is 22.7 Å². The minimum absolute atomic E-state index is 0.0797. The van der Waals surface area contributed by atoms with Gasteiger partial charge in [0.2, 0.25) is 0 Å². The Morgan fingerprint density at radius 3 is 2.78 bits per heavy atom. The topological polar surface area (TPSA) is 92.5 Å². The van der Waals surface area contributed by atoms with Crippen molar-refractivity contribution in [2.45, 2.75) is 12.8 Å². The fourth-order valence-electron chi connectivity index (χ4n) is 1.37. The zero-order chi connectivity index (χ0) is 13.5. The third kappa shape index (κ3) is 3.78. The van der Waals surface area contributed by atoms with Crippen LogP contribution in [0.25, 0.3) is 0 Å². The van der Waals surface area contributed by atoms with Crippen LogP contribution in [0.5, 0.6) is 0 Å². The fourth-order valence-corrected chi connectivity index (χ4v) is 1.96. The molecule has 1 rings (SSSR count). The molecule has 1 aromatic rings. The molecule has 98 valence electrons. The van der Waals surface area contributed by atoms with Crippen LogP contribution >= 0.6 is 15.9 Å². The van der Waals surface area contributed by atoms with Crippen LogP contribution in [0.2, 0.25) is 0 Å². The number of nitrogens with one attached hydrogen (secondary N) is 1. The second kappa shape index (κ2) is 7.07. The molecule has 0 fully saturated rings. The van der Waals surface area contributed by atoms with Gasteiger partial charge in [-0.3, -0.25) is 14.9 Å². The van der Waals surface area contributed by atoms with E-state index in [9.17, 15) is 14.9 Å². The predicted molar refractivity (Wildman–Crippen MR) is 69.4 cm³/mol. The summed E-state index contributed by atoms with van der Waals surface area (Å²) in [6.07, 6.45) is 1.27. The fraction of sp³-hybridized carbons (Fsp3) is 0.364. The first-order valence-electron chi connectivity index (χ1n) is 5.40. The number of amides is 1. The average molecular weight is 317 g/mol. The number of hydrogen-bond donors (Lipinski definition) is 2. The largest absolute Gasteiger partial charge is 0.396 e. The normalized spacial score (nSPS) is 10.1. The zero-order valence-electron chi connectivity index (χ0n) is 9.56. The van der Waals surface area contributed by atoms with E-state index in [0.717, 1.165) is 0 Å². The molecule has 6 nitrogen and oxygen atoms in total. The minimum atomic E-state index is -0.549. The maximum atomic E-state index is 11.8. The molecule has 2 N–H and O–H groups in total. The summed E-state index contributed by atoms with van der Waals surface area (Å²) in [6.45, 7) is 0.505. The van der Waals surface area contributed by atoms with E-state index in [4.69, 9.17) is 5.11 Å². The Morgan fingerprint density at radius 1 is 1.44 bits per heavy atom. The quantitative estimate of drug-likeness (QED) is 0.476. The van der Waals surface area contributed by atoms with Crippen molar-refractivity contribution in [3.8, 4) is 0 Å². The van der Waals surface area contributed by atoms with Gasteiger partial charge in [-0.15, -0.1) is 0 Å². The van der Waals surface area contributed by atoms with E-state index in [0.29, 0.717) is 19.4 Å². The van der Waals surface area contributed by atoms with Crippen molar-refractivity contribution in [2.24, 2.45) is 0 Å². The summed E-state index contributed by atoms with van der Waals surface area (Å²) in [5, 5.41) is 21.9. The predicted octanol–water partition coefficient (Wildman–Crippen LogP) is 1.86. The van der Waals surface area contributed by atoms with E-state index in [1.54, 1.807) is 0 Å². The van der Waals surface area contributed by atoms with Crippen LogP contribution in [0, 0.1) is 10.1 Å². The molecule has 0 aliphatic carbocycles. The number of aliphatic hydroxyl groups is 1. The highest BCUT2D eigenvalue weighted by Gasteiger charge is 2.18. The van der Waals surface area contributed by atoms with Crippen LogP contribution in [0.1, 0.15) is 23.2 Å². The Bertz CT molecular complexity index is 451. The Kier molecular flexibility index (Phi) is 5.73. The second-order valence-electron chi connectivity index (χ2n) is 3.58. The molecule has 0 spiro atoms. The van der Waals surface area contributed by atoms with Crippen LogP contribution in [0.4, 0.5) is 5.69 Å². The molecule has 0 atom stereocenters. The van der Waals surface area contributed by atoms with Gasteiger partial charge in [-0.2, -0.15) is 0 Å². The minimum Gasteiger partial charge on any atom is -0.396 e. The number of nitrogens with zero attached hydrogens (tertiary/aromatic N) is 1. The summed E-state index contributed by atoms with van der Waals surface area (Å²) in [6, 6.07) is 4.30. The molecule has 0 saturated heterocycles. The lowest BCUT2D eigenvalue weighted by molar-refractivity contribution is -0.385. The summed E-state index contributed by atoms with van der Waals surface area (Å²) in [7, 11) is 0. The summed E-state index contributed by atoms with van der Waals surface area (Å²) in [5.41, 5.74) is 0.0891. The third-order valence-corrected chi connectivity index (χ3v) is 3.12. The number of benzene rings is 1. The Hall–Kier alpha value is -1.47. The van der Waals surface area contributed by atoms with Gasteiger partial charge in [0.1, 0.15) is 4.47 Å². The summed E-state index contributed by atoms with van der Waals surface area (Å²) < 4.78 is 0.176. The van der Waals surface area contributed by atoms with Crippen molar-refractivity contribution in [1.29, 1.82) is 0 Å². The molecule has 18 heavy (non-hydrogen) atoms. The van der Waals surface area contributed by atoms with Gasteiger partial charge in [-0.1, -0.05) is 6.07 Å². The van der Waals surface area contributed by atoms with Crippen LogP contribution < -0.4 is 5.32 Å². The lowest BCUT2D eigenvalue weighted by Crippen LogP contribution is -2.25. The van der Waals surface area contributed by atoms with Gasteiger partial charge in [0.05, 0.1) is 10.5 Å². The molecule has 0 unspecified atom stereocenters. The highest BCUT2D eigenvalue weighted by Crippen LogP contribution is 2.28. The molecule has 1 aromatic carbocycles. The van der Waals surface area contributed by atoms with Crippen molar-refractivity contribution in [2.75, 3.05) is 13.2 Å². The van der Waals surface area contributed by atoms with Gasteiger partial charge in [-0.25, -0.2) is 0 Å². The molecule has 0 heterocycles. The molecule has 0 aromatic heterocycles.